The van der Waals surface area contributed by atoms with Crippen molar-refractivity contribution in [2.24, 2.45) is 0 Å². The van der Waals surface area contributed by atoms with E-state index < -0.39 is 75.0 Å². The van der Waals surface area contributed by atoms with Crippen LogP contribution in [0.5, 0.6) is 5.88 Å². The molecule has 3 aliphatic heterocycles. The van der Waals surface area contributed by atoms with Gasteiger partial charge in [-0.15, -0.1) is 0 Å². The van der Waals surface area contributed by atoms with Crippen LogP contribution in [0.3, 0.4) is 0 Å². The van der Waals surface area contributed by atoms with Gasteiger partial charge in [0.15, 0.2) is 14.4 Å². The predicted octanol–water partition coefficient (Wildman–Crippen LogP) is 8.08. The van der Waals surface area contributed by atoms with Gasteiger partial charge in [0.25, 0.3) is 0 Å². The van der Waals surface area contributed by atoms with E-state index in [4.69, 9.17) is 28.1 Å². The fourth-order valence-corrected chi connectivity index (χ4v) is 8.59. The maximum absolute atomic E-state index is 15.6. The summed E-state index contributed by atoms with van der Waals surface area (Å²) in [6, 6.07) is 5.83. The normalized spacial score (nSPS) is 23.1. The number of hydrogen-bond donors (Lipinski definition) is 0. The zero-order chi connectivity index (χ0) is 37.8. The summed E-state index contributed by atoms with van der Waals surface area (Å²) in [6.07, 6.45) is -7.43. The van der Waals surface area contributed by atoms with Gasteiger partial charge in [0, 0.05) is 33.5 Å². The van der Waals surface area contributed by atoms with Gasteiger partial charge in [-0.3, -0.25) is 4.57 Å². The number of aromatic nitrogens is 2. The molecule has 6 rings (SSSR count). The van der Waals surface area contributed by atoms with E-state index in [0.29, 0.717) is 38.6 Å². The van der Waals surface area contributed by atoms with Crippen molar-refractivity contribution in [1.82, 2.24) is 9.55 Å². The van der Waals surface area contributed by atoms with E-state index in [1.807, 2.05) is 0 Å². The smallest absolute Gasteiger partial charge is 0.423 e. The lowest BCUT2D eigenvalue weighted by molar-refractivity contribution is -0.139. The first-order valence-corrected chi connectivity index (χ1v) is 24.4. The van der Waals surface area contributed by atoms with Crippen LogP contribution < -0.4 is 9.64 Å². The Labute approximate surface area is 303 Å². The molecule has 3 fully saturated rings. The molecular formula is C36H50F5N3O6Si2. The van der Waals surface area contributed by atoms with E-state index in [2.05, 4.69) is 58.5 Å². The van der Waals surface area contributed by atoms with E-state index in [1.165, 1.54) is 28.8 Å². The van der Waals surface area contributed by atoms with Gasteiger partial charge in [0.2, 0.25) is 5.88 Å². The van der Waals surface area contributed by atoms with Gasteiger partial charge >= 0.3 is 6.18 Å². The van der Waals surface area contributed by atoms with Crippen molar-refractivity contribution < 1.29 is 50.1 Å². The molecule has 0 amide bonds. The quantitative estimate of drug-likeness (QED) is 0.110. The van der Waals surface area contributed by atoms with Crippen molar-refractivity contribution in [1.29, 1.82) is 0 Å². The van der Waals surface area contributed by atoms with Crippen LogP contribution in [0.1, 0.15) is 26.3 Å². The number of halogens is 5. The first-order chi connectivity index (χ1) is 24.2. The number of nitrogens with zero attached hydrogens (tertiary/aromatic N) is 3. The van der Waals surface area contributed by atoms with Gasteiger partial charge in [0.05, 0.1) is 49.3 Å². The molecule has 52 heavy (non-hydrogen) atoms. The van der Waals surface area contributed by atoms with Crippen molar-refractivity contribution in [3.63, 3.8) is 0 Å². The minimum atomic E-state index is -4.95. The Kier molecular flexibility index (Phi) is 11.0. The maximum Gasteiger partial charge on any atom is 0.423 e. The summed E-state index contributed by atoms with van der Waals surface area (Å²) in [5.41, 5.74) is -2.11. The Balaban J connectivity index is 1.37. The number of benzene rings is 1. The summed E-state index contributed by atoms with van der Waals surface area (Å²) in [4.78, 5) is 6.07. The number of hydrogen-bond acceptors (Lipinski definition) is 8. The molecule has 5 heterocycles. The second-order valence-electron chi connectivity index (χ2n) is 16.6. The summed E-state index contributed by atoms with van der Waals surface area (Å²) < 4.78 is 114. The van der Waals surface area contributed by atoms with E-state index in [-0.39, 0.29) is 42.3 Å². The molecule has 2 aromatic heterocycles. The molecule has 0 unspecified atom stereocenters. The Morgan fingerprint density at radius 2 is 1.52 bits per heavy atom. The number of alkyl halides is 3. The van der Waals surface area contributed by atoms with Gasteiger partial charge in [-0.25, -0.2) is 13.8 Å². The molecule has 0 radical (unpaired) electrons. The van der Waals surface area contributed by atoms with Gasteiger partial charge in [-0.05, 0) is 48.4 Å². The summed E-state index contributed by atoms with van der Waals surface area (Å²) in [6.45, 7) is 19.2. The zero-order valence-electron chi connectivity index (χ0n) is 31.2. The van der Waals surface area contributed by atoms with Gasteiger partial charge in [-0.2, -0.15) is 13.2 Å². The number of ether oxygens (including phenoxy) is 5. The Bertz CT molecular complexity index is 1730. The Morgan fingerprint density at radius 1 is 0.904 bits per heavy atom. The zero-order valence-corrected chi connectivity index (χ0v) is 33.2. The first-order valence-electron chi connectivity index (χ1n) is 17.8. The van der Waals surface area contributed by atoms with Crippen LogP contribution in [-0.4, -0.2) is 96.5 Å². The first kappa shape index (κ1) is 39.1. The number of pyridine rings is 1. The van der Waals surface area contributed by atoms with Crippen molar-refractivity contribution in [2.45, 2.75) is 102 Å². The lowest BCUT2D eigenvalue weighted by Crippen LogP contribution is -2.47. The van der Waals surface area contributed by atoms with Crippen molar-refractivity contribution in [2.75, 3.05) is 51.0 Å². The Morgan fingerprint density at radius 3 is 2.12 bits per heavy atom. The number of fused-ring (bicyclic) bond motifs is 2. The average molecular weight is 772 g/mol. The molecular weight excluding hydrogens is 722 g/mol. The molecule has 16 heteroatoms. The second kappa shape index (κ2) is 14.6. The largest absolute Gasteiger partial charge is 0.470 e. The van der Waals surface area contributed by atoms with Crippen molar-refractivity contribution in [3.8, 4) is 17.1 Å². The highest BCUT2D eigenvalue weighted by Crippen LogP contribution is 2.46. The monoisotopic (exact) mass is 771 g/mol. The number of morpholine rings is 1. The highest BCUT2D eigenvalue weighted by molar-refractivity contribution is 6.76. The number of anilines is 1. The van der Waals surface area contributed by atoms with Crippen LogP contribution in [-0.2, 0) is 36.3 Å². The molecule has 288 valence electrons. The molecule has 9 nitrogen and oxygen atoms in total. The summed E-state index contributed by atoms with van der Waals surface area (Å²) >= 11 is 0. The SMILES string of the molecule is CC(C)(C)[Si](C)(C)O[C@@H]1CO[C@H]2[C@@H]1OC[C@H]2Oc1c(C(F)(F)F)c2nc(-c3c(F)cc(N4CCOCC4)cc3F)ccc2n1COCC[Si](C)(C)C. The minimum absolute atomic E-state index is 0.0212. The van der Waals surface area contributed by atoms with E-state index in [1.54, 1.807) is 4.90 Å². The fourth-order valence-electron chi connectivity index (χ4n) is 6.52. The maximum atomic E-state index is 15.6. The van der Waals surface area contributed by atoms with Gasteiger partial charge < -0.3 is 33.0 Å². The highest BCUT2D eigenvalue weighted by atomic mass is 28.4. The van der Waals surface area contributed by atoms with Crippen LogP contribution in [0.4, 0.5) is 27.6 Å². The van der Waals surface area contributed by atoms with Gasteiger partial charge in [-0.1, -0.05) is 40.4 Å². The third kappa shape index (κ3) is 8.08. The molecule has 1 aromatic carbocycles. The average Bonchev–Trinajstić information content (AvgIpc) is 3.71. The predicted molar refractivity (Wildman–Crippen MR) is 193 cm³/mol. The molecule has 0 bridgehead atoms. The molecule has 3 aromatic rings. The molecule has 0 aliphatic carbocycles. The highest BCUT2D eigenvalue weighted by Gasteiger charge is 2.53. The van der Waals surface area contributed by atoms with Crippen LogP contribution >= 0.6 is 0 Å². The third-order valence-corrected chi connectivity index (χ3v) is 16.7. The molecule has 0 saturated carbocycles. The van der Waals surface area contributed by atoms with Crippen LogP contribution in [0.15, 0.2) is 24.3 Å². The van der Waals surface area contributed by atoms with E-state index in [0.717, 1.165) is 6.04 Å². The minimum Gasteiger partial charge on any atom is -0.470 e. The van der Waals surface area contributed by atoms with Crippen LogP contribution in [0, 0.1) is 11.6 Å². The molecule has 3 saturated heterocycles. The fraction of sp³-hybridized carbons (Fsp3) is 0.639. The summed E-state index contributed by atoms with van der Waals surface area (Å²) in [5.74, 6) is -2.39. The van der Waals surface area contributed by atoms with Crippen LogP contribution in [0.2, 0.25) is 43.8 Å². The lowest BCUT2D eigenvalue weighted by atomic mass is 10.1. The standard InChI is InChI=1S/C36H50F5N3O6Si2/c1-35(2,3)52(7,8)50-28-20-48-32-27(19-47-33(28)32)49-34-30(36(39,40)41)31-26(44(34)21-46-15-16-51(4,5)6)10-9-25(42-31)29-23(37)17-22(18-24(29)38)43-11-13-45-14-12-43/h9-10,17-18,27-28,32-33H,11-16,19-21H2,1-8H3/t27-,28-,32-,33-/m1/s1. The third-order valence-electron chi connectivity index (χ3n) is 10.5. The molecule has 0 spiro atoms. The van der Waals surface area contributed by atoms with Crippen molar-refractivity contribution >= 4 is 33.1 Å². The molecule has 4 atom stereocenters. The lowest BCUT2D eigenvalue weighted by Gasteiger charge is -2.39. The second-order valence-corrected chi connectivity index (χ2v) is 26.9. The Hall–Kier alpha value is -2.61. The van der Waals surface area contributed by atoms with Crippen LogP contribution in [0.25, 0.3) is 22.3 Å². The molecule has 3 aliphatic rings. The van der Waals surface area contributed by atoms with E-state index in [9.17, 15) is 0 Å². The summed E-state index contributed by atoms with van der Waals surface area (Å²) in [7, 11) is -3.73. The van der Waals surface area contributed by atoms with E-state index >= 15 is 22.0 Å². The number of rotatable bonds is 11. The molecule has 0 N–H and O–H groups in total. The van der Waals surface area contributed by atoms with Gasteiger partial charge in [0.1, 0.15) is 41.7 Å². The van der Waals surface area contributed by atoms with Crippen molar-refractivity contribution in [3.05, 3.63) is 41.5 Å². The summed E-state index contributed by atoms with van der Waals surface area (Å²) in [5, 5.41) is -0.0694. The topological polar surface area (TPSA) is 76.4 Å².